The number of carbonyl (C=O) groups is 4. The molecule has 3 amide bonds. The lowest BCUT2D eigenvalue weighted by Crippen LogP contribution is -2.64. The van der Waals surface area contributed by atoms with Gasteiger partial charge in [0.15, 0.2) is 0 Å². The van der Waals surface area contributed by atoms with Gasteiger partial charge in [-0.3, -0.25) is 19.4 Å². The van der Waals surface area contributed by atoms with Crippen molar-refractivity contribution >= 4 is 52.6 Å². The van der Waals surface area contributed by atoms with Crippen LogP contribution in [0.5, 0.6) is 0 Å². The number of aromatic nitrogens is 1. The topological polar surface area (TPSA) is 129 Å². The summed E-state index contributed by atoms with van der Waals surface area (Å²) in [5.41, 5.74) is 1.24. The zero-order chi connectivity index (χ0) is 31.2. The molecule has 11 heteroatoms. The summed E-state index contributed by atoms with van der Waals surface area (Å²) in [5, 5.41) is 15.7. The second kappa shape index (κ2) is 14.7. The first-order valence-corrected chi connectivity index (χ1v) is 16.5. The van der Waals surface area contributed by atoms with E-state index in [0.717, 1.165) is 38.5 Å². The van der Waals surface area contributed by atoms with Gasteiger partial charge < -0.3 is 20.6 Å². The average molecular weight is 644 g/mol. The Labute approximate surface area is 268 Å². The lowest BCUT2D eigenvalue weighted by molar-refractivity contribution is -0.155. The number of anilines is 1. The quantitative estimate of drug-likeness (QED) is 0.265. The Kier molecular flexibility index (Phi) is 10.8. The summed E-state index contributed by atoms with van der Waals surface area (Å²) in [6.07, 6.45) is 14.9. The van der Waals surface area contributed by atoms with Crippen molar-refractivity contribution in [1.29, 1.82) is 0 Å². The minimum absolute atomic E-state index is 0.0224. The molecule has 0 radical (unpaired) electrons. The van der Waals surface area contributed by atoms with E-state index in [2.05, 4.69) is 15.6 Å². The lowest BCUT2D eigenvalue weighted by atomic mass is 9.74. The fraction of sp³-hybridized carbons (Fsp3) is 0.545. The number of benzene rings is 1. The predicted molar refractivity (Wildman–Crippen MR) is 169 cm³/mol. The summed E-state index contributed by atoms with van der Waals surface area (Å²) in [5.74, 6) is -1.27. The van der Waals surface area contributed by atoms with Gasteiger partial charge in [-0.25, -0.2) is 4.79 Å². The number of carbonyl (C=O) groups excluding carboxylic acids is 3. The summed E-state index contributed by atoms with van der Waals surface area (Å²) >= 11 is 12.2. The molecular weight excluding hydrogens is 603 g/mol. The summed E-state index contributed by atoms with van der Waals surface area (Å²) in [6, 6.07) is 4.92. The Balaban J connectivity index is 1.20. The highest BCUT2D eigenvalue weighted by Crippen LogP contribution is 2.40. The third kappa shape index (κ3) is 7.72. The van der Waals surface area contributed by atoms with Gasteiger partial charge in [0.1, 0.15) is 12.1 Å². The standard InChI is InChI=1S/C33H40Cl2N4O5/c34-25-18-36-19-26(35)29(25)31(41)37-23-13-9-21(10-14-23)17-27(33(43)44)38-32(42)30-22-11-15-24(16-12-22)39(30)28(40)8-4-7-20-5-2-1-3-6-20/h9-10,13-14,18-20,22,24,27,30H,1-8,11-12,15-17H2,(H,37,41)(H,38,42)(H,43,44)/t22?,24?,27-,30-/m0/s1. The number of aliphatic carboxylic acids is 1. The molecule has 4 fully saturated rings. The zero-order valence-electron chi connectivity index (χ0n) is 24.8. The number of nitrogens with one attached hydrogen (secondary N) is 2. The van der Waals surface area contributed by atoms with Crippen molar-refractivity contribution in [2.45, 2.75) is 102 Å². The van der Waals surface area contributed by atoms with E-state index < -0.39 is 24.0 Å². The zero-order valence-corrected chi connectivity index (χ0v) is 26.3. The van der Waals surface area contributed by atoms with Gasteiger partial charge >= 0.3 is 5.97 Å². The molecule has 2 atom stereocenters. The van der Waals surface area contributed by atoms with Crippen molar-refractivity contribution in [3.63, 3.8) is 0 Å². The molecule has 2 aliphatic heterocycles. The molecule has 2 saturated carbocycles. The Hall–Kier alpha value is -3.17. The second-order valence-corrected chi connectivity index (χ2v) is 13.3. The molecule has 44 heavy (non-hydrogen) atoms. The van der Waals surface area contributed by atoms with E-state index in [4.69, 9.17) is 23.2 Å². The molecule has 1 aromatic heterocycles. The molecule has 236 valence electrons. The molecule has 1 aromatic carbocycles. The van der Waals surface area contributed by atoms with E-state index in [1.54, 1.807) is 29.2 Å². The number of hydrogen-bond donors (Lipinski definition) is 3. The van der Waals surface area contributed by atoms with Crippen molar-refractivity contribution in [2.24, 2.45) is 11.8 Å². The lowest BCUT2D eigenvalue weighted by Gasteiger charge is -2.50. The first kappa shape index (κ1) is 32.2. The number of carboxylic acid groups (broad SMARTS) is 1. The van der Waals surface area contributed by atoms with Gasteiger partial charge in [0.05, 0.1) is 15.6 Å². The van der Waals surface area contributed by atoms with Crippen LogP contribution in [0.25, 0.3) is 0 Å². The van der Waals surface area contributed by atoms with Crippen LogP contribution in [-0.2, 0) is 20.8 Å². The number of hydrogen-bond acceptors (Lipinski definition) is 5. The van der Waals surface area contributed by atoms with Crippen LogP contribution in [0, 0.1) is 11.8 Å². The third-order valence-corrected chi connectivity index (χ3v) is 10.1. The van der Waals surface area contributed by atoms with Crippen LogP contribution >= 0.6 is 23.2 Å². The Morgan fingerprint density at radius 2 is 1.59 bits per heavy atom. The molecule has 6 rings (SSSR count). The van der Waals surface area contributed by atoms with Crippen molar-refractivity contribution in [2.75, 3.05) is 5.32 Å². The summed E-state index contributed by atoms with van der Waals surface area (Å²) < 4.78 is 0. The Morgan fingerprint density at radius 3 is 2.23 bits per heavy atom. The van der Waals surface area contributed by atoms with Crippen molar-refractivity contribution < 1.29 is 24.3 Å². The molecule has 9 nitrogen and oxygen atoms in total. The molecule has 2 saturated heterocycles. The maximum atomic E-state index is 13.7. The fourth-order valence-electron chi connectivity index (χ4n) is 7.23. The molecule has 2 bridgehead atoms. The maximum absolute atomic E-state index is 13.7. The fourth-order valence-corrected chi connectivity index (χ4v) is 7.77. The SMILES string of the molecule is O=C(Nc1ccc(C[C@H](NC(=O)[C@@H]2C3CCC(CC3)N2C(=O)CCCC2CCCCC2)C(=O)O)cc1)c1c(Cl)cncc1Cl. The number of fused-ring (bicyclic) bond motifs is 3. The molecule has 0 spiro atoms. The van der Waals surface area contributed by atoms with Crippen LogP contribution in [0.3, 0.4) is 0 Å². The van der Waals surface area contributed by atoms with Crippen LogP contribution in [0.4, 0.5) is 5.69 Å². The molecule has 0 unspecified atom stereocenters. The first-order chi connectivity index (χ1) is 21.2. The number of piperidine rings is 2. The molecular formula is C33H40Cl2N4O5. The number of carboxylic acids is 1. The van der Waals surface area contributed by atoms with Gasteiger partial charge in [0.2, 0.25) is 11.8 Å². The number of halogens is 2. The average Bonchev–Trinajstić information content (AvgIpc) is 3.02. The first-order valence-electron chi connectivity index (χ1n) is 15.7. The van der Waals surface area contributed by atoms with Crippen LogP contribution in [0.15, 0.2) is 36.7 Å². The van der Waals surface area contributed by atoms with Gasteiger partial charge in [-0.15, -0.1) is 0 Å². The van der Waals surface area contributed by atoms with E-state index in [9.17, 15) is 24.3 Å². The Bertz CT molecular complexity index is 1340. The van der Waals surface area contributed by atoms with Gasteiger partial charge in [-0.2, -0.15) is 0 Å². The highest BCUT2D eigenvalue weighted by atomic mass is 35.5. The molecule has 4 aliphatic rings. The van der Waals surface area contributed by atoms with Crippen LogP contribution in [-0.4, -0.2) is 56.8 Å². The molecule has 2 aliphatic carbocycles. The number of pyridine rings is 1. The molecule has 3 N–H and O–H groups in total. The van der Waals surface area contributed by atoms with Crippen molar-refractivity contribution in [3.8, 4) is 0 Å². The highest BCUT2D eigenvalue weighted by molar-refractivity contribution is 6.40. The normalized spacial score (nSPS) is 22.3. The van der Waals surface area contributed by atoms with Gasteiger partial charge in [0.25, 0.3) is 5.91 Å². The van der Waals surface area contributed by atoms with Gasteiger partial charge in [0, 0.05) is 37.0 Å². The summed E-state index contributed by atoms with van der Waals surface area (Å²) in [6.45, 7) is 0. The summed E-state index contributed by atoms with van der Waals surface area (Å²) in [4.78, 5) is 57.7. The van der Waals surface area contributed by atoms with E-state index in [-0.39, 0.29) is 45.8 Å². The van der Waals surface area contributed by atoms with E-state index in [1.165, 1.54) is 44.5 Å². The molecule has 3 heterocycles. The largest absolute Gasteiger partial charge is 0.480 e. The smallest absolute Gasteiger partial charge is 0.326 e. The van der Waals surface area contributed by atoms with Crippen molar-refractivity contribution in [3.05, 3.63) is 57.8 Å². The van der Waals surface area contributed by atoms with Crippen LogP contribution < -0.4 is 10.6 Å². The Morgan fingerprint density at radius 1 is 0.932 bits per heavy atom. The summed E-state index contributed by atoms with van der Waals surface area (Å²) in [7, 11) is 0. The number of rotatable bonds is 11. The predicted octanol–water partition coefficient (Wildman–Crippen LogP) is 6.27. The molecule has 2 aromatic rings. The highest BCUT2D eigenvalue weighted by Gasteiger charge is 2.47. The van der Waals surface area contributed by atoms with Crippen LogP contribution in [0.2, 0.25) is 10.0 Å². The van der Waals surface area contributed by atoms with E-state index in [0.29, 0.717) is 23.6 Å². The van der Waals surface area contributed by atoms with E-state index >= 15 is 0 Å². The van der Waals surface area contributed by atoms with Gasteiger partial charge in [-0.05, 0) is 68.1 Å². The third-order valence-electron chi connectivity index (χ3n) is 9.51. The van der Waals surface area contributed by atoms with Gasteiger partial charge in [-0.1, -0.05) is 67.4 Å². The number of amides is 3. The maximum Gasteiger partial charge on any atom is 0.326 e. The number of nitrogens with zero attached hydrogens (tertiary/aromatic N) is 2. The minimum atomic E-state index is -1.17. The second-order valence-electron chi connectivity index (χ2n) is 12.4. The van der Waals surface area contributed by atoms with Crippen LogP contribution in [0.1, 0.15) is 93.0 Å². The minimum Gasteiger partial charge on any atom is -0.480 e. The van der Waals surface area contributed by atoms with E-state index in [1.807, 2.05) is 0 Å². The van der Waals surface area contributed by atoms with Crippen molar-refractivity contribution in [1.82, 2.24) is 15.2 Å². The monoisotopic (exact) mass is 642 g/mol.